The molecule has 0 amide bonds. The summed E-state index contributed by atoms with van der Waals surface area (Å²) < 4.78 is 0.827. The number of rotatable bonds is 5. The molecule has 0 unspecified atom stereocenters. The lowest BCUT2D eigenvalue weighted by atomic mass is 9.90. The Morgan fingerprint density at radius 3 is 2.71 bits per heavy atom. The van der Waals surface area contributed by atoms with Crippen LogP contribution in [0.4, 0.5) is 5.13 Å². The molecular weight excluding hydrogens is 338 g/mol. The van der Waals surface area contributed by atoms with Gasteiger partial charge >= 0.3 is 0 Å². The van der Waals surface area contributed by atoms with Crippen LogP contribution in [0.2, 0.25) is 0 Å². The molecule has 1 aliphatic rings. The van der Waals surface area contributed by atoms with Gasteiger partial charge in [-0.2, -0.15) is 0 Å². The van der Waals surface area contributed by atoms with Crippen molar-refractivity contribution in [1.82, 2.24) is 10.2 Å². The van der Waals surface area contributed by atoms with Crippen LogP contribution in [0.25, 0.3) is 0 Å². The maximum atomic E-state index is 12.5. The summed E-state index contributed by atoms with van der Waals surface area (Å²) in [6, 6.07) is 6.19. The summed E-state index contributed by atoms with van der Waals surface area (Å²) in [5.74, 6) is 0.567. The Morgan fingerprint density at radius 1 is 1.21 bits per heavy atom. The number of hydrogen-bond donors (Lipinski definition) is 1. The van der Waals surface area contributed by atoms with Gasteiger partial charge in [0.1, 0.15) is 0 Å². The lowest BCUT2D eigenvalue weighted by Crippen LogP contribution is -2.25. The van der Waals surface area contributed by atoms with Gasteiger partial charge in [-0.3, -0.25) is 4.79 Å². The van der Waals surface area contributed by atoms with E-state index in [9.17, 15) is 4.79 Å². The van der Waals surface area contributed by atoms with Gasteiger partial charge in [-0.15, -0.1) is 10.2 Å². The van der Waals surface area contributed by atoms with Crippen molar-refractivity contribution in [3.63, 3.8) is 0 Å². The maximum Gasteiger partial charge on any atom is 0.206 e. The molecule has 1 aliphatic carbocycles. The fraction of sp³-hybridized carbons (Fsp3) is 0.500. The largest absolute Gasteiger partial charge is 0.355 e. The molecule has 0 spiro atoms. The van der Waals surface area contributed by atoms with E-state index < -0.39 is 0 Å². The Bertz CT molecular complexity index is 734. The third kappa shape index (κ3) is 4.57. The lowest BCUT2D eigenvalue weighted by Gasteiger charge is -2.18. The molecule has 0 fully saturated rings. The van der Waals surface area contributed by atoms with Crippen LogP contribution in [-0.4, -0.2) is 27.3 Å². The number of carbonyl (C=O) groups is 1. The van der Waals surface area contributed by atoms with E-state index in [1.54, 1.807) is 0 Å². The number of thioether (sulfide) groups is 1. The van der Waals surface area contributed by atoms with Crippen molar-refractivity contribution in [3.05, 3.63) is 34.9 Å². The van der Waals surface area contributed by atoms with E-state index in [0.29, 0.717) is 5.75 Å². The summed E-state index contributed by atoms with van der Waals surface area (Å²) in [7, 11) is 0. The molecule has 2 aromatic rings. The molecule has 1 heterocycles. The zero-order chi connectivity index (χ0) is 17.2. The van der Waals surface area contributed by atoms with Crippen LogP contribution in [0.1, 0.15) is 55.1 Å². The maximum absolute atomic E-state index is 12.5. The molecule has 1 N–H and O–H groups in total. The fourth-order valence-corrected chi connectivity index (χ4v) is 4.61. The third-order valence-electron chi connectivity index (χ3n) is 3.89. The van der Waals surface area contributed by atoms with Crippen molar-refractivity contribution in [2.24, 2.45) is 0 Å². The number of hydrogen-bond acceptors (Lipinski definition) is 6. The van der Waals surface area contributed by atoms with E-state index in [1.165, 1.54) is 47.1 Å². The van der Waals surface area contributed by atoms with Gasteiger partial charge < -0.3 is 5.32 Å². The zero-order valence-electron chi connectivity index (χ0n) is 14.4. The van der Waals surface area contributed by atoms with Crippen LogP contribution >= 0.6 is 23.1 Å². The van der Waals surface area contributed by atoms with Crippen molar-refractivity contribution in [2.75, 3.05) is 11.1 Å². The molecule has 0 bridgehead atoms. The minimum absolute atomic E-state index is 0.0412. The fourth-order valence-electron chi connectivity index (χ4n) is 2.76. The number of aromatic nitrogens is 2. The molecule has 0 aliphatic heterocycles. The predicted octanol–water partition coefficient (Wildman–Crippen LogP) is 4.60. The van der Waals surface area contributed by atoms with Crippen molar-refractivity contribution < 1.29 is 4.79 Å². The third-order valence-corrected chi connectivity index (χ3v) is 5.86. The van der Waals surface area contributed by atoms with E-state index in [-0.39, 0.29) is 11.3 Å². The van der Waals surface area contributed by atoms with Crippen molar-refractivity contribution in [2.45, 2.75) is 56.3 Å². The van der Waals surface area contributed by atoms with Crippen LogP contribution < -0.4 is 5.32 Å². The van der Waals surface area contributed by atoms with E-state index in [4.69, 9.17) is 0 Å². The van der Waals surface area contributed by atoms with E-state index >= 15 is 0 Å². The summed E-state index contributed by atoms with van der Waals surface area (Å²) >= 11 is 2.96. The first-order valence-electron chi connectivity index (χ1n) is 8.30. The molecule has 128 valence electrons. The summed E-state index contributed by atoms with van der Waals surface area (Å²) in [5, 5.41) is 12.4. The second-order valence-electron chi connectivity index (χ2n) is 7.15. The number of ketones is 1. The Hall–Kier alpha value is -1.40. The van der Waals surface area contributed by atoms with Crippen LogP contribution in [-0.2, 0) is 12.8 Å². The molecule has 1 aromatic heterocycles. The van der Waals surface area contributed by atoms with E-state index in [0.717, 1.165) is 27.9 Å². The number of fused-ring (bicyclic) bond motifs is 1. The molecular formula is C18H23N3OS2. The first kappa shape index (κ1) is 17.4. The number of carbonyl (C=O) groups excluding carboxylic acids is 1. The highest BCUT2D eigenvalue weighted by molar-refractivity contribution is 8.01. The molecule has 0 atom stereocenters. The summed E-state index contributed by atoms with van der Waals surface area (Å²) in [6.07, 6.45) is 4.74. The summed E-state index contributed by atoms with van der Waals surface area (Å²) in [4.78, 5) is 12.5. The monoisotopic (exact) mass is 361 g/mol. The van der Waals surface area contributed by atoms with Crippen molar-refractivity contribution in [1.29, 1.82) is 0 Å². The van der Waals surface area contributed by atoms with Crippen LogP contribution in [0.15, 0.2) is 22.5 Å². The number of nitrogens with one attached hydrogen (secondary N) is 1. The molecule has 0 radical (unpaired) electrons. The highest BCUT2D eigenvalue weighted by Crippen LogP contribution is 2.28. The lowest BCUT2D eigenvalue weighted by molar-refractivity contribution is 0.102. The second kappa shape index (κ2) is 7.23. The van der Waals surface area contributed by atoms with Gasteiger partial charge in [0.15, 0.2) is 10.1 Å². The van der Waals surface area contributed by atoms with E-state index in [2.05, 4.69) is 48.4 Å². The van der Waals surface area contributed by atoms with Crippen LogP contribution in [0, 0.1) is 0 Å². The normalized spacial score (nSPS) is 14.3. The van der Waals surface area contributed by atoms with E-state index in [1.807, 2.05) is 6.07 Å². The second-order valence-corrected chi connectivity index (χ2v) is 9.35. The molecule has 1 aromatic carbocycles. The number of anilines is 1. The first-order chi connectivity index (χ1) is 11.4. The molecule has 0 saturated carbocycles. The number of Topliss-reactive ketones (excluding diaryl/α,β-unsaturated/α-hetero) is 1. The van der Waals surface area contributed by atoms with Gasteiger partial charge in [0.2, 0.25) is 5.13 Å². The van der Waals surface area contributed by atoms with Gasteiger partial charge in [0, 0.05) is 11.1 Å². The predicted molar refractivity (Wildman–Crippen MR) is 101 cm³/mol. The Balaban J connectivity index is 1.59. The Kier molecular flexibility index (Phi) is 5.25. The minimum Gasteiger partial charge on any atom is -0.355 e. The van der Waals surface area contributed by atoms with Gasteiger partial charge in [0.25, 0.3) is 0 Å². The van der Waals surface area contributed by atoms with Gasteiger partial charge in [-0.25, -0.2) is 0 Å². The zero-order valence-corrected chi connectivity index (χ0v) is 16.0. The average molecular weight is 362 g/mol. The van der Waals surface area contributed by atoms with Gasteiger partial charge in [-0.05, 0) is 63.6 Å². The minimum atomic E-state index is -0.0412. The number of nitrogens with zero attached hydrogens (tertiary/aromatic N) is 2. The molecule has 4 nitrogen and oxygen atoms in total. The Labute approximate surface area is 151 Å². The summed E-state index contributed by atoms with van der Waals surface area (Å²) in [5.41, 5.74) is 3.54. The molecule has 3 rings (SSSR count). The van der Waals surface area contributed by atoms with Crippen molar-refractivity contribution in [3.8, 4) is 0 Å². The van der Waals surface area contributed by atoms with Crippen LogP contribution in [0.5, 0.6) is 0 Å². The number of aryl methyl sites for hydroxylation is 2. The SMILES string of the molecule is CC(C)(C)Nc1nnc(SCC(=O)c2ccc3c(c2)CCCC3)s1. The summed E-state index contributed by atoms with van der Waals surface area (Å²) in [6.45, 7) is 6.25. The van der Waals surface area contributed by atoms with Crippen LogP contribution in [0.3, 0.4) is 0 Å². The topological polar surface area (TPSA) is 54.9 Å². The highest BCUT2D eigenvalue weighted by Gasteiger charge is 2.16. The smallest absolute Gasteiger partial charge is 0.206 e. The Morgan fingerprint density at radius 2 is 1.96 bits per heavy atom. The highest BCUT2D eigenvalue weighted by atomic mass is 32.2. The number of benzene rings is 1. The van der Waals surface area contributed by atoms with Gasteiger partial charge in [-0.1, -0.05) is 35.2 Å². The molecule has 24 heavy (non-hydrogen) atoms. The average Bonchev–Trinajstić information content (AvgIpc) is 2.97. The quantitative estimate of drug-likeness (QED) is 0.623. The molecule has 6 heteroatoms. The van der Waals surface area contributed by atoms with Crippen molar-refractivity contribution >= 4 is 34.0 Å². The molecule has 0 saturated heterocycles. The standard InChI is InChI=1S/C18H23N3OS2/c1-18(2,3)19-16-20-21-17(24-16)23-11-15(22)14-9-8-12-6-4-5-7-13(12)10-14/h8-10H,4-7,11H2,1-3H3,(H,19,20). The van der Waals surface area contributed by atoms with Gasteiger partial charge in [0.05, 0.1) is 5.75 Å². The first-order valence-corrected chi connectivity index (χ1v) is 10.1.